The standard InChI is InChI=1S/C23H28N2O5S/c1-3-29-21(26)17(14-15-10-6-5-7-11-15)24-23(28)25-20-19(22(27)30-4-2)16-12-8-9-13-18(16)31-20/h5-7,10-11,17H,3-4,8-9,12-14H2,1-2H3,(H2,24,25,28). The third-order valence-electron chi connectivity index (χ3n) is 5.04. The maximum Gasteiger partial charge on any atom is 0.341 e. The second-order valence-corrected chi connectivity index (χ2v) is 8.33. The normalized spacial score (nSPS) is 13.6. The summed E-state index contributed by atoms with van der Waals surface area (Å²) < 4.78 is 10.4. The zero-order valence-corrected chi connectivity index (χ0v) is 18.7. The first-order valence-corrected chi connectivity index (χ1v) is 11.4. The van der Waals surface area contributed by atoms with E-state index in [9.17, 15) is 14.4 Å². The maximum atomic E-state index is 12.8. The quantitative estimate of drug-likeness (QED) is 0.598. The minimum atomic E-state index is -0.844. The summed E-state index contributed by atoms with van der Waals surface area (Å²) in [7, 11) is 0. The number of thiophene rings is 1. The summed E-state index contributed by atoms with van der Waals surface area (Å²) in [5.74, 6) is -0.930. The predicted octanol–water partition coefficient (Wildman–Crippen LogP) is 4.10. The number of aryl methyl sites for hydroxylation is 1. The SMILES string of the molecule is CCOC(=O)c1c(NC(=O)NC(Cc2ccccc2)C(=O)OCC)sc2c1CCCC2. The molecular formula is C23H28N2O5S. The highest BCUT2D eigenvalue weighted by Crippen LogP contribution is 2.38. The van der Waals surface area contributed by atoms with Crippen LogP contribution in [0.3, 0.4) is 0 Å². The molecule has 31 heavy (non-hydrogen) atoms. The number of nitrogens with one attached hydrogen (secondary N) is 2. The van der Waals surface area contributed by atoms with Gasteiger partial charge in [-0.3, -0.25) is 5.32 Å². The Hall–Kier alpha value is -2.87. The van der Waals surface area contributed by atoms with Crippen LogP contribution >= 0.6 is 11.3 Å². The lowest BCUT2D eigenvalue weighted by molar-refractivity contribution is -0.145. The number of urea groups is 1. The topological polar surface area (TPSA) is 93.7 Å². The summed E-state index contributed by atoms with van der Waals surface area (Å²) in [4.78, 5) is 38.9. The van der Waals surface area contributed by atoms with Crippen molar-refractivity contribution in [3.8, 4) is 0 Å². The first kappa shape index (κ1) is 22.8. The lowest BCUT2D eigenvalue weighted by Crippen LogP contribution is -2.45. The zero-order valence-electron chi connectivity index (χ0n) is 17.9. The first-order chi connectivity index (χ1) is 15.0. The monoisotopic (exact) mass is 444 g/mol. The molecule has 0 radical (unpaired) electrons. The molecule has 2 amide bonds. The molecule has 1 aliphatic rings. The Labute approximate surface area is 186 Å². The summed E-state index contributed by atoms with van der Waals surface area (Å²) in [5, 5.41) is 5.95. The van der Waals surface area contributed by atoms with Gasteiger partial charge >= 0.3 is 18.0 Å². The van der Waals surface area contributed by atoms with Crippen LogP contribution in [0, 0.1) is 0 Å². The number of amides is 2. The van der Waals surface area contributed by atoms with Crippen molar-refractivity contribution in [3.63, 3.8) is 0 Å². The Morgan fingerprint density at radius 3 is 2.45 bits per heavy atom. The minimum Gasteiger partial charge on any atom is -0.464 e. The molecule has 2 aromatic rings. The number of carbonyl (C=O) groups is 3. The molecule has 1 aliphatic carbocycles. The fraction of sp³-hybridized carbons (Fsp3) is 0.435. The van der Waals surface area contributed by atoms with Crippen molar-refractivity contribution in [2.45, 2.75) is 52.0 Å². The lowest BCUT2D eigenvalue weighted by atomic mass is 9.95. The van der Waals surface area contributed by atoms with Crippen LogP contribution in [0.4, 0.5) is 9.80 Å². The minimum absolute atomic E-state index is 0.220. The fourth-order valence-corrected chi connectivity index (χ4v) is 4.93. The van der Waals surface area contributed by atoms with Gasteiger partial charge in [0.05, 0.1) is 18.8 Å². The highest BCUT2D eigenvalue weighted by atomic mass is 32.1. The van der Waals surface area contributed by atoms with E-state index in [1.807, 2.05) is 30.3 Å². The molecule has 0 bridgehead atoms. The molecule has 0 spiro atoms. The van der Waals surface area contributed by atoms with E-state index in [-0.39, 0.29) is 13.2 Å². The van der Waals surface area contributed by atoms with Gasteiger partial charge in [-0.15, -0.1) is 11.3 Å². The Morgan fingerprint density at radius 2 is 1.74 bits per heavy atom. The van der Waals surface area contributed by atoms with Crippen LogP contribution in [0.1, 0.15) is 53.1 Å². The molecule has 7 nitrogen and oxygen atoms in total. The van der Waals surface area contributed by atoms with Crippen molar-refractivity contribution >= 4 is 34.3 Å². The number of rotatable bonds is 8. The predicted molar refractivity (Wildman–Crippen MR) is 120 cm³/mol. The molecule has 166 valence electrons. The third-order valence-corrected chi connectivity index (χ3v) is 6.24. The van der Waals surface area contributed by atoms with Crippen LogP contribution < -0.4 is 10.6 Å². The maximum absolute atomic E-state index is 12.8. The number of fused-ring (bicyclic) bond motifs is 1. The Morgan fingerprint density at radius 1 is 1.03 bits per heavy atom. The average molecular weight is 445 g/mol. The van der Waals surface area contributed by atoms with Crippen LogP contribution in [-0.4, -0.2) is 37.2 Å². The summed E-state index contributed by atoms with van der Waals surface area (Å²) >= 11 is 1.41. The second kappa shape index (κ2) is 10.9. The summed E-state index contributed by atoms with van der Waals surface area (Å²) in [6.07, 6.45) is 4.05. The summed E-state index contributed by atoms with van der Waals surface area (Å²) in [6, 6.07) is 8.01. The van der Waals surface area contributed by atoms with E-state index in [4.69, 9.17) is 9.47 Å². The van der Waals surface area contributed by atoms with Crippen LogP contribution in [0.15, 0.2) is 30.3 Å². The largest absolute Gasteiger partial charge is 0.464 e. The van der Waals surface area contributed by atoms with Crippen molar-refractivity contribution in [2.75, 3.05) is 18.5 Å². The van der Waals surface area contributed by atoms with Gasteiger partial charge in [-0.25, -0.2) is 14.4 Å². The molecule has 0 saturated heterocycles. The molecular weight excluding hydrogens is 416 g/mol. The van der Waals surface area contributed by atoms with Crippen molar-refractivity contribution in [2.24, 2.45) is 0 Å². The second-order valence-electron chi connectivity index (χ2n) is 7.23. The molecule has 8 heteroatoms. The van der Waals surface area contributed by atoms with E-state index in [0.717, 1.165) is 41.7 Å². The number of esters is 2. The fourth-order valence-electron chi connectivity index (χ4n) is 3.66. The van der Waals surface area contributed by atoms with Crippen LogP contribution in [0.25, 0.3) is 0 Å². The Bertz CT molecular complexity index is 926. The van der Waals surface area contributed by atoms with Gasteiger partial charge in [0.1, 0.15) is 11.0 Å². The van der Waals surface area contributed by atoms with Gasteiger partial charge in [-0.05, 0) is 50.7 Å². The Balaban J connectivity index is 1.78. The van der Waals surface area contributed by atoms with Gasteiger partial charge in [0.2, 0.25) is 0 Å². The number of hydrogen-bond donors (Lipinski definition) is 2. The number of hydrogen-bond acceptors (Lipinski definition) is 6. The van der Waals surface area contributed by atoms with Crippen molar-refractivity contribution in [1.29, 1.82) is 0 Å². The zero-order chi connectivity index (χ0) is 22.2. The van der Waals surface area contributed by atoms with E-state index in [1.165, 1.54) is 11.3 Å². The molecule has 3 rings (SSSR count). The van der Waals surface area contributed by atoms with Crippen molar-refractivity contribution in [1.82, 2.24) is 5.32 Å². The molecule has 1 heterocycles. The number of anilines is 1. The molecule has 2 N–H and O–H groups in total. The molecule has 1 unspecified atom stereocenters. The van der Waals surface area contributed by atoms with Crippen molar-refractivity contribution < 1.29 is 23.9 Å². The number of carbonyl (C=O) groups excluding carboxylic acids is 3. The van der Waals surface area contributed by atoms with E-state index >= 15 is 0 Å². The molecule has 1 atom stereocenters. The lowest BCUT2D eigenvalue weighted by Gasteiger charge is -2.18. The third kappa shape index (κ3) is 5.85. The van der Waals surface area contributed by atoms with E-state index in [2.05, 4.69) is 10.6 Å². The van der Waals surface area contributed by atoms with Gasteiger partial charge in [-0.1, -0.05) is 30.3 Å². The molecule has 1 aromatic carbocycles. The highest BCUT2D eigenvalue weighted by molar-refractivity contribution is 7.17. The van der Waals surface area contributed by atoms with Crippen LogP contribution in [0.5, 0.6) is 0 Å². The summed E-state index contributed by atoms with van der Waals surface area (Å²) in [5.41, 5.74) is 2.31. The van der Waals surface area contributed by atoms with Gasteiger partial charge < -0.3 is 14.8 Å². The van der Waals surface area contributed by atoms with E-state index in [0.29, 0.717) is 17.0 Å². The molecule has 0 fully saturated rings. The van der Waals surface area contributed by atoms with Crippen LogP contribution in [0.2, 0.25) is 0 Å². The molecule has 1 aromatic heterocycles. The van der Waals surface area contributed by atoms with Gasteiger partial charge in [-0.2, -0.15) is 0 Å². The number of ether oxygens (including phenoxy) is 2. The van der Waals surface area contributed by atoms with Gasteiger partial charge in [0, 0.05) is 11.3 Å². The number of benzene rings is 1. The van der Waals surface area contributed by atoms with E-state index in [1.54, 1.807) is 13.8 Å². The molecule has 0 saturated carbocycles. The van der Waals surface area contributed by atoms with Gasteiger partial charge in [0.15, 0.2) is 0 Å². The van der Waals surface area contributed by atoms with Gasteiger partial charge in [0.25, 0.3) is 0 Å². The average Bonchev–Trinajstić information content (AvgIpc) is 3.12. The first-order valence-electron chi connectivity index (χ1n) is 10.6. The van der Waals surface area contributed by atoms with Crippen molar-refractivity contribution in [3.05, 3.63) is 51.9 Å². The highest BCUT2D eigenvalue weighted by Gasteiger charge is 2.28. The smallest absolute Gasteiger partial charge is 0.341 e. The molecule has 0 aliphatic heterocycles. The Kier molecular flexibility index (Phi) is 8.06. The van der Waals surface area contributed by atoms with E-state index < -0.39 is 24.0 Å². The van der Waals surface area contributed by atoms with Crippen LogP contribution in [-0.2, 0) is 33.5 Å². The summed E-state index contributed by atoms with van der Waals surface area (Å²) in [6.45, 7) is 3.96.